The number of benzene rings is 1. The molecule has 0 amide bonds. The van der Waals surface area contributed by atoms with E-state index in [1.165, 1.54) is 0 Å². The van der Waals surface area contributed by atoms with Crippen LogP contribution in [0.2, 0.25) is 0 Å². The van der Waals surface area contributed by atoms with Gasteiger partial charge in [0.1, 0.15) is 5.58 Å². The van der Waals surface area contributed by atoms with Crippen LogP contribution in [0.25, 0.3) is 11.0 Å². The number of fused-ring (bicyclic) bond motifs is 1. The first-order chi connectivity index (χ1) is 10.7. The molecule has 23 heavy (non-hydrogen) atoms. The van der Waals surface area contributed by atoms with Crippen LogP contribution < -0.4 is 10.0 Å². The molecule has 2 aromatic rings. The van der Waals surface area contributed by atoms with Crippen LogP contribution in [0.3, 0.4) is 0 Å². The van der Waals surface area contributed by atoms with Crippen LogP contribution >= 0.6 is 0 Å². The highest BCUT2D eigenvalue weighted by Crippen LogP contribution is 2.21. The van der Waals surface area contributed by atoms with Gasteiger partial charge in [-0.05, 0) is 42.1 Å². The quantitative estimate of drug-likeness (QED) is 0.776. The first kappa shape index (κ1) is 18.0. The molecule has 128 valence electrons. The fourth-order valence-electron chi connectivity index (χ4n) is 2.25. The minimum absolute atomic E-state index is 0.165. The number of furan rings is 1. The molecule has 1 aromatic heterocycles. The molecule has 0 radical (unpaired) electrons. The van der Waals surface area contributed by atoms with E-state index in [2.05, 4.69) is 23.9 Å². The Morgan fingerprint density at radius 1 is 1.17 bits per heavy atom. The summed E-state index contributed by atoms with van der Waals surface area (Å²) in [5.41, 5.74) is 0.518. The van der Waals surface area contributed by atoms with E-state index in [1.807, 2.05) is 13.8 Å². The molecular weight excluding hydrogens is 312 g/mol. The van der Waals surface area contributed by atoms with Crippen LogP contribution in [0.15, 0.2) is 39.8 Å². The lowest BCUT2D eigenvalue weighted by Crippen LogP contribution is -2.41. The zero-order chi connectivity index (χ0) is 17.1. The first-order valence-electron chi connectivity index (χ1n) is 7.87. The highest BCUT2D eigenvalue weighted by Gasteiger charge is 2.22. The Hall–Kier alpha value is -1.37. The van der Waals surface area contributed by atoms with Crippen molar-refractivity contribution in [2.75, 3.05) is 19.6 Å². The lowest BCUT2D eigenvalue weighted by Gasteiger charge is -2.26. The van der Waals surface area contributed by atoms with Crippen molar-refractivity contribution in [3.63, 3.8) is 0 Å². The SMILES string of the molecule is CC(C)CNCC(C)(C)CNS(=O)(=O)c1ccc2occc2c1. The summed E-state index contributed by atoms with van der Waals surface area (Å²) in [5.74, 6) is 0.573. The van der Waals surface area contributed by atoms with E-state index in [1.54, 1.807) is 30.5 Å². The van der Waals surface area contributed by atoms with Crippen molar-refractivity contribution in [2.45, 2.75) is 32.6 Å². The summed E-state index contributed by atoms with van der Waals surface area (Å²) in [6.45, 7) is 10.4. The molecule has 2 N–H and O–H groups in total. The molecule has 0 atom stereocenters. The van der Waals surface area contributed by atoms with Gasteiger partial charge in [-0.15, -0.1) is 0 Å². The smallest absolute Gasteiger partial charge is 0.240 e. The second-order valence-corrected chi connectivity index (χ2v) is 8.90. The molecule has 0 saturated heterocycles. The lowest BCUT2D eigenvalue weighted by molar-refractivity contribution is 0.332. The van der Waals surface area contributed by atoms with E-state index in [0.29, 0.717) is 18.0 Å². The molecule has 1 heterocycles. The van der Waals surface area contributed by atoms with E-state index in [0.717, 1.165) is 18.5 Å². The van der Waals surface area contributed by atoms with Crippen molar-refractivity contribution < 1.29 is 12.8 Å². The van der Waals surface area contributed by atoms with Gasteiger partial charge in [-0.2, -0.15) is 0 Å². The third-order valence-electron chi connectivity index (χ3n) is 3.63. The van der Waals surface area contributed by atoms with Gasteiger partial charge in [0, 0.05) is 18.5 Å². The third kappa shape index (κ3) is 5.06. The molecular formula is C17H26N2O3S. The van der Waals surface area contributed by atoms with E-state index in [-0.39, 0.29) is 10.3 Å². The van der Waals surface area contributed by atoms with Gasteiger partial charge in [-0.3, -0.25) is 0 Å². The second-order valence-electron chi connectivity index (χ2n) is 7.13. The zero-order valence-corrected chi connectivity index (χ0v) is 15.0. The van der Waals surface area contributed by atoms with E-state index in [4.69, 9.17) is 4.42 Å². The Balaban J connectivity index is 2.00. The summed E-state index contributed by atoms with van der Waals surface area (Å²) < 4.78 is 32.9. The molecule has 0 saturated carbocycles. The zero-order valence-electron chi connectivity index (χ0n) is 14.2. The number of hydrogen-bond acceptors (Lipinski definition) is 4. The van der Waals surface area contributed by atoms with E-state index >= 15 is 0 Å². The van der Waals surface area contributed by atoms with Gasteiger partial charge in [-0.25, -0.2) is 13.1 Å². The molecule has 1 aromatic carbocycles. The number of sulfonamides is 1. The van der Waals surface area contributed by atoms with E-state index in [9.17, 15) is 8.42 Å². The van der Waals surface area contributed by atoms with Gasteiger partial charge in [0.25, 0.3) is 0 Å². The monoisotopic (exact) mass is 338 g/mol. The molecule has 2 rings (SSSR count). The summed E-state index contributed by atoms with van der Waals surface area (Å²) >= 11 is 0. The van der Waals surface area contributed by atoms with Gasteiger partial charge in [0.05, 0.1) is 11.2 Å². The topological polar surface area (TPSA) is 71.3 Å². The summed E-state index contributed by atoms with van der Waals surface area (Å²) in [6, 6.07) is 6.64. The Bertz CT molecular complexity index is 748. The molecule has 0 spiro atoms. The van der Waals surface area contributed by atoms with Crippen LogP contribution in [0, 0.1) is 11.3 Å². The lowest BCUT2D eigenvalue weighted by atomic mass is 9.94. The van der Waals surface area contributed by atoms with Crippen LogP contribution in [0.5, 0.6) is 0 Å². The van der Waals surface area contributed by atoms with Crippen molar-refractivity contribution in [3.8, 4) is 0 Å². The van der Waals surface area contributed by atoms with Gasteiger partial charge >= 0.3 is 0 Å². The average Bonchev–Trinajstić information content (AvgIpc) is 2.92. The van der Waals surface area contributed by atoms with Gasteiger partial charge in [-0.1, -0.05) is 27.7 Å². The van der Waals surface area contributed by atoms with Crippen LogP contribution in [0.1, 0.15) is 27.7 Å². The van der Waals surface area contributed by atoms with Crippen LogP contribution in [-0.4, -0.2) is 28.1 Å². The van der Waals surface area contributed by atoms with Crippen molar-refractivity contribution in [1.29, 1.82) is 0 Å². The standard InChI is InChI=1S/C17H26N2O3S/c1-13(2)10-18-11-17(3,4)12-19-23(20,21)15-5-6-16-14(9-15)7-8-22-16/h5-9,13,18-19H,10-12H2,1-4H3. The molecule has 0 unspecified atom stereocenters. The highest BCUT2D eigenvalue weighted by molar-refractivity contribution is 7.89. The third-order valence-corrected chi connectivity index (χ3v) is 5.03. The minimum Gasteiger partial charge on any atom is -0.464 e. The molecule has 0 bridgehead atoms. The molecule has 5 nitrogen and oxygen atoms in total. The molecule has 0 fully saturated rings. The first-order valence-corrected chi connectivity index (χ1v) is 9.36. The van der Waals surface area contributed by atoms with Crippen molar-refractivity contribution in [1.82, 2.24) is 10.0 Å². The maximum atomic E-state index is 12.5. The summed E-state index contributed by atoms with van der Waals surface area (Å²) in [4.78, 5) is 0.261. The normalized spacial score (nSPS) is 13.1. The van der Waals surface area contributed by atoms with Gasteiger partial charge < -0.3 is 9.73 Å². The molecule has 0 aliphatic heterocycles. The molecule has 6 heteroatoms. The maximum Gasteiger partial charge on any atom is 0.240 e. The van der Waals surface area contributed by atoms with Crippen molar-refractivity contribution in [3.05, 3.63) is 30.5 Å². The van der Waals surface area contributed by atoms with Gasteiger partial charge in [0.2, 0.25) is 10.0 Å². The van der Waals surface area contributed by atoms with Crippen LogP contribution in [0.4, 0.5) is 0 Å². The Morgan fingerprint density at radius 2 is 1.91 bits per heavy atom. The average molecular weight is 338 g/mol. The minimum atomic E-state index is -3.52. The van der Waals surface area contributed by atoms with Crippen molar-refractivity contribution >= 4 is 21.0 Å². The predicted molar refractivity (Wildman–Crippen MR) is 92.9 cm³/mol. The van der Waals surface area contributed by atoms with Gasteiger partial charge in [0.15, 0.2) is 0 Å². The van der Waals surface area contributed by atoms with Crippen molar-refractivity contribution in [2.24, 2.45) is 11.3 Å². The molecule has 0 aliphatic rings. The summed E-state index contributed by atoms with van der Waals surface area (Å²) in [7, 11) is -3.52. The number of nitrogens with one attached hydrogen (secondary N) is 2. The maximum absolute atomic E-state index is 12.5. The summed E-state index contributed by atoms with van der Waals surface area (Å²) in [6.07, 6.45) is 1.55. The molecule has 0 aliphatic carbocycles. The second kappa shape index (κ2) is 7.03. The number of rotatable bonds is 8. The Labute approximate surface area is 138 Å². The Kier molecular flexibility index (Phi) is 5.49. The predicted octanol–water partition coefficient (Wildman–Crippen LogP) is 2.98. The van der Waals surface area contributed by atoms with E-state index < -0.39 is 10.0 Å². The number of hydrogen-bond donors (Lipinski definition) is 2. The Morgan fingerprint density at radius 3 is 2.61 bits per heavy atom. The summed E-state index contributed by atoms with van der Waals surface area (Å²) in [5, 5.41) is 4.16. The highest BCUT2D eigenvalue weighted by atomic mass is 32.2. The fraction of sp³-hybridized carbons (Fsp3) is 0.529. The largest absolute Gasteiger partial charge is 0.464 e. The van der Waals surface area contributed by atoms with Crippen LogP contribution in [-0.2, 0) is 10.0 Å². The fourth-order valence-corrected chi connectivity index (χ4v) is 3.52.